The molecular weight excluding hydrogens is 496 g/mol. The van der Waals surface area contributed by atoms with E-state index in [9.17, 15) is 9.59 Å². The van der Waals surface area contributed by atoms with Crippen molar-refractivity contribution in [3.05, 3.63) is 76.6 Å². The minimum absolute atomic E-state index is 0.122. The lowest BCUT2D eigenvalue weighted by Crippen LogP contribution is -2.33. The Hall–Kier alpha value is -3.62. The van der Waals surface area contributed by atoms with E-state index < -0.39 is 0 Å². The van der Waals surface area contributed by atoms with Crippen molar-refractivity contribution in [3.8, 4) is 21.7 Å². The molecule has 1 atom stereocenters. The maximum Gasteiger partial charge on any atom is 0.276 e. The molecule has 3 aliphatic rings. The molecule has 1 aliphatic carbocycles. The molecule has 1 saturated carbocycles. The van der Waals surface area contributed by atoms with E-state index in [2.05, 4.69) is 10.2 Å². The van der Waals surface area contributed by atoms with Gasteiger partial charge in [0.05, 0.1) is 22.5 Å². The molecule has 1 amide bonds. The number of nitrogens with zero attached hydrogens (tertiary/aromatic N) is 3. The number of carbonyl (C=O) groups is 2. The van der Waals surface area contributed by atoms with Crippen molar-refractivity contribution >= 4 is 28.7 Å². The standard InChI is InChI=1S/C30H28N4O3S/c35-26(14-18-11-13-37-17-18)27-15-20-10-12-34(25-7-2-1-4-21(25)29(20)38-27)30(36)24-6-3-5-23(32-24)22-16-31-33-28(22)19-8-9-19/h1-7,15-16,18-19H,8-14,17H2,(H,31,33)/t18-/m1/s1. The highest BCUT2D eigenvalue weighted by Crippen LogP contribution is 2.44. The first-order valence-corrected chi connectivity index (χ1v) is 14.1. The maximum absolute atomic E-state index is 13.9. The Morgan fingerprint density at radius 2 is 1.97 bits per heavy atom. The molecule has 2 aliphatic heterocycles. The zero-order chi connectivity index (χ0) is 25.6. The second kappa shape index (κ2) is 9.60. The summed E-state index contributed by atoms with van der Waals surface area (Å²) in [5, 5.41) is 7.37. The lowest BCUT2D eigenvalue weighted by Gasteiger charge is -2.23. The number of H-pyrrole nitrogens is 1. The lowest BCUT2D eigenvalue weighted by atomic mass is 10.0. The highest BCUT2D eigenvalue weighted by atomic mass is 32.1. The molecule has 7 rings (SSSR count). The first kappa shape index (κ1) is 23.5. The van der Waals surface area contributed by atoms with Gasteiger partial charge in [-0.15, -0.1) is 11.3 Å². The van der Waals surface area contributed by atoms with Gasteiger partial charge >= 0.3 is 0 Å². The van der Waals surface area contributed by atoms with E-state index in [1.807, 2.05) is 53.6 Å². The zero-order valence-corrected chi connectivity index (χ0v) is 21.8. The summed E-state index contributed by atoms with van der Waals surface area (Å²) in [4.78, 5) is 35.4. The number of para-hydroxylation sites is 1. The van der Waals surface area contributed by atoms with Gasteiger partial charge in [-0.05, 0) is 61.4 Å². The number of hydrogen-bond donors (Lipinski definition) is 1. The molecule has 7 nitrogen and oxygen atoms in total. The number of benzene rings is 1. The van der Waals surface area contributed by atoms with Crippen molar-refractivity contribution in [2.75, 3.05) is 24.7 Å². The van der Waals surface area contributed by atoms with Crippen molar-refractivity contribution in [2.24, 2.45) is 5.92 Å². The molecule has 0 unspecified atom stereocenters. The molecule has 192 valence electrons. The second-order valence-corrected chi connectivity index (χ2v) is 11.5. The van der Waals surface area contributed by atoms with Gasteiger partial charge < -0.3 is 9.64 Å². The summed E-state index contributed by atoms with van der Waals surface area (Å²) in [6, 6.07) is 15.7. The number of rotatable bonds is 6. The van der Waals surface area contributed by atoms with Crippen LogP contribution in [0.5, 0.6) is 0 Å². The first-order chi connectivity index (χ1) is 18.7. The fourth-order valence-electron chi connectivity index (χ4n) is 5.58. The Morgan fingerprint density at radius 3 is 2.82 bits per heavy atom. The number of ether oxygens (including phenoxy) is 1. The SMILES string of the molecule is O=C(C[C@H]1CCOC1)c1cc2c(s1)-c1ccccc1N(C(=O)c1cccc(-c3cn[nH]c3C3CC3)n1)CC2. The summed E-state index contributed by atoms with van der Waals surface area (Å²) in [5.74, 6) is 0.891. The monoisotopic (exact) mass is 524 g/mol. The second-order valence-electron chi connectivity index (χ2n) is 10.4. The van der Waals surface area contributed by atoms with Gasteiger partial charge in [0.15, 0.2) is 5.78 Å². The molecule has 0 bridgehead atoms. The number of ketones is 1. The summed E-state index contributed by atoms with van der Waals surface area (Å²) in [6.07, 6.45) is 6.29. The van der Waals surface area contributed by atoms with E-state index >= 15 is 0 Å². The number of pyridine rings is 1. The Labute approximate surface area is 224 Å². The van der Waals surface area contributed by atoms with Gasteiger partial charge in [0.1, 0.15) is 5.69 Å². The minimum Gasteiger partial charge on any atom is -0.381 e. The number of nitrogens with one attached hydrogen (secondary N) is 1. The molecule has 3 aromatic heterocycles. The number of aromatic amines is 1. The lowest BCUT2D eigenvalue weighted by molar-refractivity contribution is 0.0954. The Bertz CT molecular complexity index is 1530. The van der Waals surface area contributed by atoms with E-state index in [1.165, 1.54) is 0 Å². The fraction of sp³-hybridized carbons (Fsp3) is 0.333. The average Bonchev–Trinajstić information content (AvgIpc) is 3.30. The van der Waals surface area contributed by atoms with Crippen LogP contribution in [-0.2, 0) is 11.2 Å². The number of hydrogen-bond acceptors (Lipinski definition) is 6. The number of aromatic nitrogens is 3. The summed E-state index contributed by atoms with van der Waals surface area (Å²) >= 11 is 1.55. The predicted octanol–water partition coefficient (Wildman–Crippen LogP) is 5.89. The number of thiophene rings is 1. The van der Waals surface area contributed by atoms with Crippen molar-refractivity contribution in [1.29, 1.82) is 0 Å². The molecule has 1 aromatic carbocycles. The summed E-state index contributed by atoms with van der Waals surface area (Å²) in [5.41, 5.74) is 6.24. The van der Waals surface area contributed by atoms with Crippen LogP contribution in [0.3, 0.4) is 0 Å². The van der Waals surface area contributed by atoms with Crippen LogP contribution in [0.25, 0.3) is 21.7 Å². The molecule has 5 heterocycles. The van der Waals surface area contributed by atoms with E-state index in [-0.39, 0.29) is 11.7 Å². The van der Waals surface area contributed by atoms with Gasteiger partial charge in [0.25, 0.3) is 5.91 Å². The van der Waals surface area contributed by atoms with Crippen molar-refractivity contribution in [3.63, 3.8) is 0 Å². The minimum atomic E-state index is -0.122. The number of carbonyl (C=O) groups excluding carboxylic acids is 2. The van der Waals surface area contributed by atoms with Gasteiger partial charge in [0, 0.05) is 53.8 Å². The number of fused-ring (bicyclic) bond motifs is 3. The van der Waals surface area contributed by atoms with E-state index in [1.54, 1.807) is 17.4 Å². The highest BCUT2D eigenvalue weighted by Gasteiger charge is 2.31. The zero-order valence-electron chi connectivity index (χ0n) is 21.0. The van der Waals surface area contributed by atoms with Crippen LogP contribution >= 0.6 is 11.3 Å². The van der Waals surface area contributed by atoms with E-state index in [4.69, 9.17) is 9.72 Å². The average molecular weight is 525 g/mol. The summed E-state index contributed by atoms with van der Waals surface area (Å²) in [6.45, 7) is 1.95. The quantitative estimate of drug-likeness (QED) is 0.318. The first-order valence-electron chi connectivity index (χ1n) is 13.3. The van der Waals surface area contributed by atoms with Crippen molar-refractivity contribution in [2.45, 2.75) is 38.0 Å². The predicted molar refractivity (Wildman–Crippen MR) is 147 cm³/mol. The van der Waals surface area contributed by atoms with Gasteiger partial charge in [-0.3, -0.25) is 14.7 Å². The van der Waals surface area contributed by atoms with Gasteiger partial charge in [-0.2, -0.15) is 5.10 Å². The Morgan fingerprint density at radius 1 is 1.08 bits per heavy atom. The largest absolute Gasteiger partial charge is 0.381 e. The van der Waals surface area contributed by atoms with Crippen LogP contribution in [-0.4, -0.2) is 46.6 Å². The third-order valence-corrected chi connectivity index (χ3v) is 9.02. The van der Waals surface area contributed by atoms with E-state index in [0.29, 0.717) is 43.5 Å². The van der Waals surface area contributed by atoms with Gasteiger partial charge in [-0.1, -0.05) is 24.3 Å². The summed E-state index contributed by atoms with van der Waals surface area (Å²) < 4.78 is 5.46. The van der Waals surface area contributed by atoms with Crippen molar-refractivity contribution in [1.82, 2.24) is 15.2 Å². The smallest absolute Gasteiger partial charge is 0.276 e. The van der Waals surface area contributed by atoms with Gasteiger partial charge in [-0.25, -0.2) is 4.98 Å². The molecule has 4 aromatic rings. The van der Waals surface area contributed by atoms with Crippen LogP contribution in [0.4, 0.5) is 5.69 Å². The molecule has 1 saturated heterocycles. The summed E-state index contributed by atoms with van der Waals surface area (Å²) in [7, 11) is 0. The highest BCUT2D eigenvalue weighted by molar-refractivity contribution is 7.17. The third kappa shape index (κ3) is 4.27. The maximum atomic E-state index is 13.9. The number of Topliss-reactive ketones (excluding diaryl/α,β-unsaturated/α-hetero) is 1. The number of amides is 1. The van der Waals surface area contributed by atoms with Crippen LogP contribution in [0, 0.1) is 5.92 Å². The Balaban J connectivity index is 1.19. The van der Waals surface area contributed by atoms with Gasteiger partial charge in [0.2, 0.25) is 0 Å². The third-order valence-electron chi connectivity index (χ3n) is 7.77. The normalized spacial score (nSPS) is 18.6. The molecule has 1 N–H and O–H groups in total. The molecule has 0 radical (unpaired) electrons. The molecule has 2 fully saturated rings. The van der Waals surface area contributed by atoms with Crippen molar-refractivity contribution < 1.29 is 14.3 Å². The Kier molecular flexibility index (Phi) is 5.93. The van der Waals surface area contributed by atoms with Crippen LogP contribution < -0.4 is 4.90 Å². The molecule has 0 spiro atoms. The van der Waals surface area contributed by atoms with Crippen LogP contribution in [0.1, 0.15) is 63.0 Å². The molecule has 8 heteroatoms. The molecular formula is C30H28N4O3S. The molecule has 38 heavy (non-hydrogen) atoms. The van der Waals surface area contributed by atoms with Crippen LogP contribution in [0.2, 0.25) is 0 Å². The fourth-order valence-corrected chi connectivity index (χ4v) is 6.77. The number of anilines is 1. The van der Waals surface area contributed by atoms with E-state index in [0.717, 1.165) is 69.4 Å². The topological polar surface area (TPSA) is 88.2 Å². The van der Waals surface area contributed by atoms with Crippen LogP contribution in [0.15, 0.2) is 54.7 Å².